The first-order valence-corrected chi connectivity index (χ1v) is 7.12. The first-order valence-electron chi connectivity index (χ1n) is 6.24. The molecule has 0 radical (unpaired) electrons. The first kappa shape index (κ1) is 16.4. The van der Waals surface area contributed by atoms with Gasteiger partial charge >= 0.3 is 6.09 Å². The SMILES string of the molecule is CC(C)(C)OC(=O)Nc1nc(C=[N+]([O-])C(C)(C)C)cs1. The quantitative estimate of drug-likeness (QED) is 0.393. The van der Waals surface area contributed by atoms with Gasteiger partial charge in [0.15, 0.2) is 10.7 Å². The lowest BCUT2D eigenvalue weighted by molar-refractivity contribution is -0.530. The normalized spacial score (nSPS) is 13.2. The van der Waals surface area contributed by atoms with Gasteiger partial charge in [-0.1, -0.05) is 0 Å². The maximum atomic E-state index is 11.8. The van der Waals surface area contributed by atoms with E-state index in [1.807, 2.05) is 20.8 Å². The highest BCUT2D eigenvalue weighted by molar-refractivity contribution is 7.14. The number of thiazole rings is 1. The van der Waals surface area contributed by atoms with Gasteiger partial charge in [0.2, 0.25) is 6.21 Å². The van der Waals surface area contributed by atoms with Crippen molar-refractivity contribution in [2.75, 3.05) is 5.32 Å². The van der Waals surface area contributed by atoms with Crippen molar-refractivity contribution < 1.29 is 14.3 Å². The van der Waals surface area contributed by atoms with Gasteiger partial charge in [0.05, 0.1) is 0 Å². The summed E-state index contributed by atoms with van der Waals surface area (Å²) in [5, 5.41) is 16.4. The van der Waals surface area contributed by atoms with Gasteiger partial charge in [-0.15, -0.1) is 11.3 Å². The summed E-state index contributed by atoms with van der Waals surface area (Å²) in [7, 11) is 0. The highest BCUT2D eigenvalue weighted by Gasteiger charge is 2.20. The highest BCUT2D eigenvalue weighted by atomic mass is 32.1. The maximum absolute atomic E-state index is 11.8. The molecule has 0 bridgehead atoms. The minimum atomic E-state index is -0.562. The van der Waals surface area contributed by atoms with Crippen LogP contribution in [0.2, 0.25) is 0 Å². The summed E-state index contributed by atoms with van der Waals surface area (Å²) >= 11 is 1.24. The number of hydrogen-bond donors (Lipinski definition) is 1. The molecule has 0 unspecified atom stereocenters. The summed E-state index contributed by atoms with van der Waals surface area (Å²) in [6.45, 7) is 10.8. The van der Waals surface area contributed by atoms with Crippen LogP contribution in [0.15, 0.2) is 5.38 Å². The van der Waals surface area contributed by atoms with Crippen molar-refractivity contribution in [2.45, 2.75) is 52.7 Å². The van der Waals surface area contributed by atoms with Crippen LogP contribution >= 0.6 is 11.3 Å². The summed E-state index contributed by atoms with van der Waals surface area (Å²) in [6, 6.07) is 0. The molecule has 1 amide bonds. The summed E-state index contributed by atoms with van der Waals surface area (Å²) in [6.07, 6.45) is 0.838. The lowest BCUT2D eigenvalue weighted by atomic mass is 10.1. The molecule has 1 aromatic heterocycles. The Kier molecular flexibility index (Phi) is 4.75. The number of nitrogens with zero attached hydrogens (tertiary/aromatic N) is 2. The zero-order valence-corrected chi connectivity index (χ0v) is 13.5. The third-order valence-electron chi connectivity index (χ3n) is 2.04. The monoisotopic (exact) mass is 299 g/mol. The molecule has 6 nitrogen and oxygen atoms in total. The van der Waals surface area contributed by atoms with E-state index in [0.717, 1.165) is 4.74 Å². The van der Waals surface area contributed by atoms with Crippen molar-refractivity contribution in [1.82, 2.24) is 4.98 Å². The van der Waals surface area contributed by atoms with Crippen LogP contribution in [0.5, 0.6) is 0 Å². The van der Waals surface area contributed by atoms with Crippen LogP contribution in [0.3, 0.4) is 0 Å². The third kappa shape index (κ3) is 5.56. The zero-order valence-electron chi connectivity index (χ0n) is 12.7. The van der Waals surface area contributed by atoms with Gasteiger partial charge in [-0.05, 0) is 20.8 Å². The van der Waals surface area contributed by atoms with Crippen molar-refractivity contribution in [3.8, 4) is 0 Å². The van der Waals surface area contributed by atoms with E-state index in [4.69, 9.17) is 4.74 Å². The molecule has 1 N–H and O–H groups in total. The largest absolute Gasteiger partial charge is 0.623 e. The molecule has 0 aliphatic carbocycles. The molecule has 1 rings (SSSR count). The summed E-state index contributed by atoms with van der Waals surface area (Å²) in [5.41, 5.74) is -0.581. The second kappa shape index (κ2) is 5.78. The first-order chi connectivity index (χ1) is 8.97. The number of nitrogens with one attached hydrogen (secondary N) is 1. The van der Waals surface area contributed by atoms with Crippen molar-refractivity contribution in [3.63, 3.8) is 0 Å². The molecule has 0 saturated heterocycles. The van der Waals surface area contributed by atoms with E-state index in [1.54, 1.807) is 26.2 Å². The number of carbonyl (C=O) groups excluding carboxylic acids is 1. The van der Waals surface area contributed by atoms with Crippen molar-refractivity contribution >= 4 is 28.8 Å². The summed E-state index contributed by atoms with van der Waals surface area (Å²) < 4.78 is 5.95. The number of hydrogen-bond acceptors (Lipinski definition) is 5. The molecule has 1 heterocycles. The average molecular weight is 299 g/mol. The fourth-order valence-corrected chi connectivity index (χ4v) is 1.75. The molecule has 0 aliphatic heterocycles. The minimum absolute atomic E-state index is 0.396. The Morgan fingerprint density at radius 1 is 1.40 bits per heavy atom. The van der Waals surface area contributed by atoms with E-state index in [9.17, 15) is 10.0 Å². The van der Waals surface area contributed by atoms with E-state index in [0.29, 0.717) is 10.8 Å². The van der Waals surface area contributed by atoms with Crippen LogP contribution in [-0.4, -0.2) is 33.2 Å². The molecule has 0 fully saturated rings. The number of carbonyl (C=O) groups is 1. The van der Waals surface area contributed by atoms with Crippen LogP contribution in [0.1, 0.15) is 47.2 Å². The van der Waals surface area contributed by atoms with Crippen LogP contribution in [0.25, 0.3) is 0 Å². The molecule has 1 aromatic rings. The van der Waals surface area contributed by atoms with Crippen LogP contribution in [0, 0.1) is 5.21 Å². The standard InChI is InChI=1S/C13H21N3O3S/c1-12(2,3)16(18)7-9-8-20-10(14-9)15-11(17)19-13(4,5)6/h7-8H,1-6H3,(H,14,15,17). The fraction of sp³-hybridized carbons (Fsp3) is 0.615. The lowest BCUT2D eigenvalue weighted by Crippen LogP contribution is -2.29. The van der Waals surface area contributed by atoms with Crippen LogP contribution < -0.4 is 5.32 Å². The maximum Gasteiger partial charge on any atom is 0.413 e. The number of rotatable bonds is 2. The predicted molar refractivity (Wildman–Crippen MR) is 80.5 cm³/mol. The predicted octanol–water partition coefficient (Wildman–Crippen LogP) is 3.22. The minimum Gasteiger partial charge on any atom is -0.623 e. The molecule has 0 aliphatic rings. The number of amides is 1. The van der Waals surface area contributed by atoms with Crippen molar-refractivity contribution in [3.05, 3.63) is 16.3 Å². The van der Waals surface area contributed by atoms with Gasteiger partial charge in [0, 0.05) is 26.2 Å². The van der Waals surface area contributed by atoms with Crippen molar-refractivity contribution in [1.29, 1.82) is 0 Å². The molecule has 0 spiro atoms. The lowest BCUT2D eigenvalue weighted by Gasteiger charge is -2.19. The highest BCUT2D eigenvalue weighted by Crippen LogP contribution is 2.16. The van der Waals surface area contributed by atoms with Crippen LogP contribution in [0.4, 0.5) is 9.93 Å². The average Bonchev–Trinajstić information content (AvgIpc) is 2.60. The van der Waals surface area contributed by atoms with Gasteiger partial charge < -0.3 is 9.94 Å². The van der Waals surface area contributed by atoms with E-state index < -0.39 is 17.2 Å². The number of ether oxygens (including phenoxy) is 1. The Morgan fingerprint density at radius 3 is 2.50 bits per heavy atom. The molecular formula is C13H21N3O3S. The number of anilines is 1. The number of hydroxylamine groups is 1. The van der Waals surface area contributed by atoms with Gasteiger partial charge in [-0.3, -0.25) is 5.32 Å². The fourth-order valence-electron chi connectivity index (χ4n) is 1.11. The molecule has 20 heavy (non-hydrogen) atoms. The molecular weight excluding hydrogens is 278 g/mol. The van der Waals surface area contributed by atoms with E-state index in [1.165, 1.54) is 17.6 Å². The van der Waals surface area contributed by atoms with Gasteiger partial charge in [-0.2, -0.15) is 0 Å². The molecule has 7 heteroatoms. The van der Waals surface area contributed by atoms with E-state index in [2.05, 4.69) is 10.3 Å². The molecule has 0 atom stereocenters. The van der Waals surface area contributed by atoms with Gasteiger partial charge in [-0.25, -0.2) is 14.5 Å². The Hall–Kier alpha value is -1.63. The Morgan fingerprint density at radius 2 is 2.00 bits per heavy atom. The second-order valence-electron chi connectivity index (χ2n) is 6.33. The number of aromatic nitrogens is 1. The second-order valence-corrected chi connectivity index (χ2v) is 7.19. The summed E-state index contributed by atoms with van der Waals surface area (Å²) in [5.74, 6) is 0. The Bertz CT molecular complexity index is 510. The molecule has 112 valence electrons. The molecule has 0 aromatic carbocycles. The topological polar surface area (TPSA) is 77.3 Å². The van der Waals surface area contributed by atoms with Crippen LogP contribution in [-0.2, 0) is 4.74 Å². The van der Waals surface area contributed by atoms with E-state index in [-0.39, 0.29) is 0 Å². The summed E-state index contributed by atoms with van der Waals surface area (Å²) in [4.78, 5) is 15.7. The molecule has 0 saturated carbocycles. The zero-order chi connectivity index (χ0) is 15.6. The van der Waals surface area contributed by atoms with Gasteiger partial charge in [0.25, 0.3) is 0 Å². The van der Waals surface area contributed by atoms with E-state index >= 15 is 0 Å². The van der Waals surface area contributed by atoms with Gasteiger partial charge in [0.1, 0.15) is 11.3 Å². The third-order valence-corrected chi connectivity index (χ3v) is 2.82. The Balaban J connectivity index is 2.72. The van der Waals surface area contributed by atoms with Crippen molar-refractivity contribution in [2.24, 2.45) is 0 Å². The smallest absolute Gasteiger partial charge is 0.413 e. The Labute approximate surface area is 123 Å².